The molecule has 0 bridgehead atoms. The molecule has 25 heteroatoms. The van der Waals surface area contributed by atoms with Crippen LogP contribution in [-0.2, 0) is 19.2 Å². The minimum absolute atomic E-state index is 0.000230. The Hall–Kier alpha value is -12.4. The average Bonchev–Trinajstić information content (AvgIpc) is 0.760. The molecule has 3 N–H and O–H groups in total. The van der Waals surface area contributed by atoms with E-state index in [1.807, 2.05) is 116 Å². The van der Waals surface area contributed by atoms with Crippen LogP contribution in [-0.4, -0.2) is 207 Å². The van der Waals surface area contributed by atoms with Crippen molar-refractivity contribution in [1.29, 1.82) is 0 Å². The lowest BCUT2D eigenvalue weighted by atomic mass is 9.96. The van der Waals surface area contributed by atoms with Crippen molar-refractivity contribution in [3.63, 3.8) is 0 Å². The Morgan fingerprint density at radius 1 is 0.504 bits per heavy atom. The number of carbonyl (C=O) groups is 4. The second kappa shape index (κ2) is 34.4. The van der Waals surface area contributed by atoms with Gasteiger partial charge in [-0.25, -0.2) is 9.37 Å². The second-order valence-electron chi connectivity index (χ2n) is 28.7. The molecule has 12 aromatic rings. The number of carbonyl (C=O) groups excluding carboxylic acids is 4. The van der Waals surface area contributed by atoms with Crippen LogP contribution in [0.3, 0.4) is 0 Å². The average molecular weight is 1540 g/mol. The Kier molecular flexibility index (Phi) is 24.0. The first kappa shape index (κ1) is 78.7. The molecule has 3 aromatic heterocycles. The normalized spacial score (nSPS) is 14.3. The zero-order valence-corrected chi connectivity index (χ0v) is 65.5. The molecule has 15 rings (SSSR count). The first-order valence-electron chi connectivity index (χ1n) is 38.1. The predicted octanol–water partition coefficient (Wildman–Crippen LogP) is 14.9. The monoisotopic (exact) mass is 1540 g/mol. The van der Waals surface area contributed by atoms with E-state index in [4.69, 9.17) is 46.0 Å². The summed E-state index contributed by atoms with van der Waals surface area (Å²) in [5, 5.41) is 39.2. The summed E-state index contributed by atoms with van der Waals surface area (Å²) in [5.74, 6) is 2.03. The van der Waals surface area contributed by atoms with E-state index < -0.39 is 5.82 Å². The van der Waals surface area contributed by atoms with Gasteiger partial charge in [0, 0.05) is 141 Å². The molecule has 4 amide bonds. The number of piperazine rings is 3. The molecule has 0 saturated carbocycles. The van der Waals surface area contributed by atoms with Crippen molar-refractivity contribution in [3.8, 4) is 62.7 Å². The molecule has 113 heavy (non-hydrogen) atoms. The van der Waals surface area contributed by atoms with Crippen LogP contribution in [0.2, 0.25) is 5.02 Å². The number of aromatic hydroxyl groups is 3. The minimum atomic E-state index is -0.631. The van der Waals surface area contributed by atoms with Gasteiger partial charge in [-0.15, -0.1) is 0 Å². The Labute approximate surface area is 660 Å². The first-order chi connectivity index (χ1) is 54.5. The van der Waals surface area contributed by atoms with Crippen molar-refractivity contribution in [2.45, 2.75) is 66.1 Å². The Morgan fingerprint density at radius 3 is 1.31 bits per heavy atom. The zero-order valence-electron chi connectivity index (χ0n) is 64.8. The molecule has 3 saturated heterocycles. The molecule has 0 aliphatic carbocycles. The molecule has 6 heterocycles. The first-order valence-corrected chi connectivity index (χ1v) is 38.4. The van der Waals surface area contributed by atoms with Crippen LogP contribution in [0.25, 0.3) is 98.4 Å². The van der Waals surface area contributed by atoms with Crippen LogP contribution in [0, 0.1) is 5.82 Å². The van der Waals surface area contributed by atoms with Gasteiger partial charge in [0.2, 0.25) is 29.6 Å². The Balaban J connectivity index is 0.000000149. The number of benzene rings is 9. The smallest absolute Gasteiger partial charge is 0.319 e. The maximum atomic E-state index is 16.6. The molecule has 0 spiro atoms. The van der Waals surface area contributed by atoms with Crippen molar-refractivity contribution in [2.24, 2.45) is 0 Å². The molecule has 3 fully saturated rings. The lowest BCUT2D eigenvalue weighted by Gasteiger charge is -2.35. The summed E-state index contributed by atoms with van der Waals surface area (Å²) < 4.78 is 28.7. The Bertz CT molecular complexity index is 5410. The summed E-state index contributed by atoms with van der Waals surface area (Å²) in [5.41, 5.74) is 5.99. The Morgan fingerprint density at radius 2 is 0.903 bits per heavy atom. The summed E-state index contributed by atoms with van der Waals surface area (Å²) in [7, 11) is 5.15. The summed E-state index contributed by atoms with van der Waals surface area (Å²) in [6, 6.07) is 48.2. The number of phenolic OH excluding ortho intramolecular Hbond substituents is 3. The number of rotatable bonds is 18. The van der Waals surface area contributed by atoms with Crippen LogP contribution in [0.15, 0.2) is 177 Å². The molecule has 23 nitrogen and oxygen atoms in total. The molecular formula is C88H92ClFN14O9. The number of hydrogen-bond donors (Lipinski definition) is 3. The fourth-order valence-corrected chi connectivity index (χ4v) is 14.7. The largest absolute Gasteiger partial charge is 0.508 e. The van der Waals surface area contributed by atoms with Crippen molar-refractivity contribution < 1.29 is 48.4 Å². The maximum absolute atomic E-state index is 16.6. The quantitative estimate of drug-likeness (QED) is 0.0675. The number of hydrogen-bond acceptors (Lipinski definition) is 19. The molecule has 582 valence electrons. The van der Waals surface area contributed by atoms with Gasteiger partial charge < -0.3 is 64.0 Å². The third-order valence-electron chi connectivity index (χ3n) is 21.0. The predicted molar refractivity (Wildman–Crippen MR) is 447 cm³/mol. The number of phenols is 3. The van der Waals surface area contributed by atoms with E-state index in [1.165, 1.54) is 23.1 Å². The summed E-state index contributed by atoms with van der Waals surface area (Å²) >= 11 is 6.79. The molecule has 3 aliphatic heterocycles. The lowest BCUT2D eigenvalue weighted by molar-refractivity contribution is -0.129. The third kappa shape index (κ3) is 17.4. The highest BCUT2D eigenvalue weighted by atomic mass is 35.5. The summed E-state index contributed by atoms with van der Waals surface area (Å²) in [4.78, 5) is 91.8. The van der Waals surface area contributed by atoms with Gasteiger partial charge in [0.05, 0.1) is 28.3 Å². The fraction of sp³-hybridized carbons (Fsp3) is 0.295. The van der Waals surface area contributed by atoms with E-state index in [0.29, 0.717) is 114 Å². The molecule has 0 radical (unpaired) electrons. The van der Waals surface area contributed by atoms with Gasteiger partial charge in [-0.05, 0) is 166 Å². The molecular weight excluding hydrogens is 1450 g/mol. The van der Waals surface area contributed by atoms with E-state index in [-0.39, 0.29) is 81.6 Å². The van der Waals surface area contributed by atoms with E-state index in [2.05, 4.69) is 53.9 Å². The topological polar surface area (TPSA) is 251 Å². The van der Waals surface area contributed by atoms with Crippen LogP contribution >= 0.6 is 11.6 Å². The number of ether oxygens (including phenoxy) is 2. The van der Waals surface area contributed by atoms with E-state index in [1.54, 1.807) is 84.1 Å². The van der Waals surface area contributed by atoms with E-state index in [9.17, 15) is 34.5 Å². The third-order valence-corrected chi connectivity index (χ3v) is 21.3. The van der Waals surface area contributed by atoms with E-state index in [0.717, 1.165) is 101 Å². The highest BCUT2D eigenvalue weighted by Crippen LogP contribution is 2.44. The molecule has 9 aromatic carbocycles. The highest BCUT2D eigenvalue weighted by Gasteiger charge is 2.30. The second-order valence-corrected chi connectivity index (χ2v) is 29.1. The minimum Gasteiger partial charge on any atom is -0.508 e. The van der Waals surface area contributed by atoms with Gasteiger partial charge in [-0.1, -0.05) is 124 Å². The zero-order chi connectivity index (χ0) is 79.9. The molecule has 3 aliphatic rings. The number of halogens is 2. The lowest BCUT2D eigenvalue weighted by Crippen LogP contribution is -2.48. The van der Waals surface area contributed by atoms with Gasteiger partial charge in [-0.3, -0.25) is 19.2 Å². The van der Waals surface area contributed by atoms with Crippen LogP contribution < -0.4 is 29.1 Å². The van der Waals surface area contributed by atoms with Crippen LogP contribution in [0.4, 0.5) is 27.8 Å². The summed E-state index contributed by atoms with van der Waals surface area (Å²) in [6.45, 7) is 24.3. The highest BCUT2D eigenvalue weighted by molar-refractivity contribution is 6.35. The van der Waals surface area contributed by atoms with Crippen molar-refractivity contribution in [2.75, 3.05) is 126 Å². The van der Waals surface area contributed by atoms with Gasteiger partial charge >= 0.3 is 12.0 Å². The van der Waals surface area contributed by atoms with Gasteiger partial charge in [0.25, 0.3) is 0 Å². The molecule has 2 atom stereocenters. The number of amides is 4. The number of fused-ring (bicyclic) bond motifs is 6. The standard InChI is InChI=1S/C30H32ClFN6O3.2C29H30N4O3/c1-18(39)37-11-13-38(14-12-37)29-23-17-24(31)26(22-16-20(40)15-19-7-5-6-8-21(19)22)27(32)28(23)33-30(34-29)36(4)10-9-25(41)35(2)3;2*1-4-19(3)36-29-30-26-17-21(25-18-22(34)16-20-8-6-7-9-23(20)25)10-11-24(26)28(31-29)33-14-12-32(13-15-33)27(35)5-2/h5-8,15-17,40H,9-14H2,1-4H3;2*5-11,16-19,34H,2,4,12-15H2,1,3H3/t;19-;/m.1./s1. The van der Waals surface area contributed by atoms with Gasteiger partial charge in [-0.2, -0.15) is 24.9 Å². The molecule has 1 unspecified atom stereocenters. The van der Waals surface area contributed by atoms with Crippen molar-refractivity contribution in [1.82, 2.24) is 49.5 Å². The maximum Gasteiger partial charge on any atom is 0.319 e. The van der Waals surface area contributed by atoms with Crippen LogP contribution in [0.1, 0.15) is 53.9 Å². The summed E-state index contributed by atoms with van der Waals surface area (Å²) in [6.07, 6.45) is 4.61. The number of aromatic nitrogens is 6. The number of anilines is 4. The van der Waals surface area contributed by atoms with Crippen LogP contribution in [0.5, 0.6) is 29.3 Å². The van der Waals surface area contributed by atoms with Crippen molar-refractivity contribution >= 4 is 124 Å². The number of nitrogens with zero attached hydrogens (tertiary/aromatic N) is 14. The van der Waals surface area contributed by atoms with E-state index >= 15 is 4.39 Å². The fourth-order valence-electron chi connectivity index (χ4n) is 14.4. The SMILES string of the molecule is C=CC(=O)N1CCN(c2nc(OC(C)CC)nc3cc(-c4cc(O)cc5ccccc45)ccc23)CC1.C=CC(=O)N1CCN(c2nc(O[C@H](C)CC)nc3cc(-c4cc(O)cc5ccccc45)ccc23)CC1.CC(=O)N1CCN(c2nc(N(C)CCC(=O)N(C)C)nc3c(F)c(-c4cc(O)cc5ccccc45)c(Cl)cc23)CC1. The van der Waals surface area contributed by atoms with Gasteiger partial charge in [0.1, 0.15) is 40.2 Å². The van der Waals surface area contributed by atoms with Crippen molar-refractivity contribution in [3.05, 3.63) is 188 Å². The van der Waals surface area contributed by atoms with Gasteiger partial charge in [0.15, 0.2) is 5.82 Å².